The van der Waals surface area contributed by atoms with Crippen molar-refractivity contribution >= 4 is 27.8 Å². The molecule has 2 heterocycles. The van der Waals surface area contributed by atoms with Crippen LogP contribution in [0.4, 0.5) is 0 Å². The first-order valence-electron chi connectivity index (χ1n) is 5.98. The standard InChI is InChI=1S/C13H15BrN2O3/c1-4-18-12(17)10-8(5-15-6-9(10)14)11-16-13(2,3)7-19-11/h5-6H,4,7H2,1-3H3. The lowest BCUT2D eigenvalue weighted by molar-refractivity contribution is 0.0524. The van der Waals surface area contributed by atoms with Crippen LogP contribution in [-0.2, 0) is 9.47 Å². The van der Waals surface area contributed by atoms with Gasteiger partial charge in [-0.2, -0.15) is 0 Å². The Morgan fingerprint density at radius 3 is 2.84 bits per heavy atom. The highest BCUT2D eigenvalue weighted by Gasteiger charge is 2.30. The molecule has 0 fully saturated rings. The second-order valence-corrected chi connectivity index (χ2v) is 5.64. The molecule has 0 aliphatic carbocycles. The van der Waals surface area contributed by atoms with E-state index in [4.69, 9.17) is 9.47 Å². The summed E-state index contributed by atoms with van der Waals surface area (Å²) in [7, 11) is 0. The van der Waals surface area contributed by atoms with E-state index in [9.17, 15) is 4.79 Å². The van der Waals surface area contributed by atoms with Gasteiger partial charge in [0.1, 0.15) is 6.61 Å². The fraction of sp³-hybridized carbons (Fsp3) is 0.462. The molecule has 0 atom stereocenters. The lowest BCUT2D eigenvalue weighted by atomic mass is 10.1. The molecule has 19 heavy (non-hydrogen) atoms. The van der Waals surface area contributed by atoms with Gasteiger partial charge >= 0.3 is 5.97 Å². The number of hydrogen-bond donors (Lipinski definition) is 0. The molecule has 0 amide bonds. The Morgan fingerprint density at radius 1 is 1.53 bits per heavy atom. The number of carbonyl (C=O) groups excluding carboxylic acids is 1. The van der Waals surface area contributed by atoms with Crippen LogP contribution in [-0.4, -0.2) is 35.6 Å². The van der Waals surface area contributed by atoms with Gasteiger partial charge in [0.25, 0.3) is 0 Å². The maximum atomic E-state index is 12.0. The number of ether oxygens (including phenoxy) is 2. The molecule has 0 aromatic carbocycles. The summed E-state index contributed by atoms with van der Waals surface area (Å²) in [5, 5.41) is 0. The Morgan fingerprint density at radius 2 is 2.26 bits per heavy atom. The summed E-state index contributed by atoms with van der Waals surface area (Å²) >= 11 is 3.32. The fourth-order valence-electron chi connectivity index (χ4n) is 1.73. The van der Waals surface area contributed by atoms with Gasteiger partial charge in [0.2, 0.25) is 5.90 Å². The van der Waals surface area contributed by atoms with E-state index in [1.807, 2.05) is 13.8 Å². The summed E-state index contributed by atoms with van der Waals surface area (Å²) in [6.45, 7) is 6.49. The number of rotatable bonds is 3. The van der Waals surface area contributed by atoms with Crippen molar-refractivity contribution in [2.75, 3.05) is 13.2 Å². The smallest absolute Gasteiger partial charge is 0.340 e. The van der Waals surface area contributed by atoms with E-state index >= 15 is 0 Å². The summed E-state index contributed by atoms with van der Waals surface area (Å²) in [6.07, 6.45) is 3.12. The average Bonchev–Trinajstić information content (AvgIpc) is 2.69. The van der Waals surface area contributed by atoms with E-state index in [-0.39, 0.29) is 5.54 Å². The first-order valence-corrected chi connectivity index (χ1v) is 6.77. The van der Waals surface area contributed by atoms with E-state index in [1.54, 1.807) is 19.3 Å². The average molecular weight is 327 g/mol. The van der Waals surface area contributed by atoms with Crippen LogP contribution in [0.1, 0.15) is 36.7 Å². The molecule has 6 heteroatoms. The van der Waals surface area contributed by atoms with Crippen LogP contribution in [0, 0.1) is 0 Å². The first-order chi connectivity index (χ1) is 8.94. The fourth-order valence-corrected chi connectivity index (χ4v) is 2.22. The van der Waals surface area contributed by atoms with Crippen molar-refractivity contribution < 1.29 is 14.3 Å². The Bertz CT molecular complexity index is 541. The molecule has 2 rings (SSSR count). The molecule has 0 saturated carbocycles. The summed E-state index contributed by atoms with van der Waals surface area (Å²) in [5.41, 5.74) is 0.663. The van der Waals surface area contributed by atoms with Gasteiger partial charge in [0.15, 0.2) is 0 Å². The monoisotopic (exact) mass is 326 g/mol. The summed E-state index contributed by atoms with van der Waals surface area (Å²) in [5.74, 6) is 0.0182. The zero-order valence-corrected chi connectivity index (χ0v) is 12.7. The van der Waals surface area contributed by atoms with E-state index in [2.05, 4.69) is 25.9 Å². The number of pyridine rings is 1. The molecular weight excluding hydrogens is 312 g/mol. The van der Waals surface area contributed by atoms with Crippen molar-refractivity contribution in [3.63, 3.8) is 0 Å². The van der Waals surface area contributed by atoms with Crippen LogP contribution >= 0.6 is 15.9 Å². The zero-order chi connectivity index (χ0) is 14.0. The molecular formula is C13H15BrN2O3. The molecule has 0 bridgehead atoms. The van der Waals surface area contributed by atoms with Gasteiger partial charge in [-0.25, -0.2) is 9.79 Å². The lowest BCUT2D eigenvalue weighted by Gasteiger charge is -2.09. The minimum Gasteiger partial charge on any atom is -0.475 e. The van der Waals surface area contributed by atoms with Crippen molar-refractivity contribution in [1.29, 1.82) is 0 Å². The van der Waals surface area contributed by atoms with Crippen LogP contribution < -0.4 is 0 Å². The molecule has 1 aromatic rings. The molecule has 0 unspecified atom stereocenters. The normalized spacial score (nSPS) is 16.7. The Labute approximate surface area is 120 Å². The number of halogens is 1. The van der Waals surface area contributed by atoms with Crippen LogP contribution in [0.25, 0.3) is 0 Å². The molecule has 0 radical (unpaired) electrons. The Hall–Kier alpha value is -1.43. The van der Waals surface area contributed by atoms with Crippen LogP contribution in [0.2, 0.25) is 0 Å². The zero-order valence-electron chi connectivity index (χ0n) is 11.1. The topological polar surface area (TPSA) is 60.8 Å². The molecule has 0 saturated heterocycles. The Balaban J connectivity index is 2.47. The molecule has 1 aliphatic rings. The van der Waals surface area contributed by atoms with Gasteiger partial charge in [0, 0.05) is 12.4 Å². The summed E-state index contributed by atoms with van der Waals surface area (Å²) in [6, 6.07) is 0. The molecule has 5 nitrogen and oxygen atoms in total. The van der Waals surface area contributed by atoms with Gasteiger partial charge in [-0.05, 0) is 36.7 Å². The minimum absolute atomic E-state index is 0.288. The van der Waals surface area contributed by atoms with Gasteiger partial charge in [-0.15, -0.1) is 0 Å². The number of aliphatic imine (C=N–C) groups is 1. The molecule has 102 valence electrons. The number of carbonyl (C=O) groups is 1. The van der Waals surface area contributed by atoms with Gasteiger partial charge in [0.05, 0.1) is 27.7 Å². The highest BCUT2D eigenvalue weighted by Crippen LogP contribution is 2.26. The van der Waals surface area contributed by atoms with E-state index in [1.165, 1.54) is 0 Å². The number of nitrogens with zero attached hydrogens (tertiary/aromatic N) is 2. The Kier molecular flexibility index (Phi) is 3.89. The van der Waals surface area contributed by atoms with Crippen molar-refractivity contribution in [2.45, 2.75) is 26.3 Å². The number of aromatic nitrogens is 1. The highest BCUT2D eigenvalue weighted by molar-refractivity contribution is 9.10. The van der Waals surface area contributed by atoms with Gasteiger partial charge < -0.3 is 9.47 Å². The SMILES string of the molecule is CCOC(=O)c1c(Br)cncc1C1=NC(C)(C)CO1. The second-order valence-electron chi connectivity index (χ2n) is 4.78. The summed E-state index contributed by atoms with van der Waals surface area (Å²) < 4.78 is 11.2. The van der Waals surface area contributed by atoms with E-state index < -0.39 is 5.97 Å². The van der Waals surface area contributed by atoms with Crippen LogP contribution in [0.15, 0.2) is 21.9 Å². The third-order valence-electron chi connectivity index (χ3n) is 2.58. The molecule has 1 aliphatic heterocycles. The van der Waals surface area contributed by atoms with Crippen molar-refractivity contribution in [3.8, 4) is 0 Å². The predicted octanol–water partition coefficient (Wildman–Crippen LogP) is 2.58. The second kappa shape index (κ2) is 5.28. The highest BCUT2D eigenvalue weighted by atomic mass is 79.9. The van der Waals surface area contributed by atoms with Crippen LogP contribution in [0.5, 0.6) is 0 Å². The third kappa shape index (κ3) is 2.94. The van der Waals surface area contributed by atoms with Crippen molar-refractivity contribution in [1.82, 2.24) is 4.98 Å². The minimum atomic E-state index is -0.414. The van der Waals surface area contributed by atoms with Crippen molar-refractivity contribution in [2.24, 2.45) is 4.99 Å². The van der Waals surface area contributed by atoms with E-state index in [0.29, 0.717) is 34.7 Å². The maximum absolute atomic E-state index is 12.0. The predicted molar refractivity (Wildman–Crippen MR) is 74.5 cm³/mol. The lowest BCUT2D eigenvalue weighted by Crippen LogP contribution is -2.17. The van der Waals surface area contributed by atoms with Crippen LogP contribution in [0.3, 0.4) is 0 Å². The quantitative estimate of drug-likeness (QED) is 0.801. The largest absolute Gasteiger partial charge is 0.475 e. The number of esters is 1. The molecule has 1 aromatic heterocycles. The third-order valence-corrected chi connectivity index (χ3v) is 3.18. The van der Waals surface area contributed by atoms with Gasteiger partial charge in [-0.1, -0.05) is 0 Å². The maximum Gasteiger partial charge on any atom is 0.340 e. The van der Waals surface area contributed by atoms with Gasteiger partial charge in [-0.3, -0.25) is 4.98 Å². The number of hydrogen-bond acceptors (Lipinski definition) is 5. The molecule has 0 spiro atoms. The summed E-state index contributed by atoms with van der Waals surface area (Å²) in [4.78, 5) is 20.5. The van der Waals surface area contributed by atoms with E-state index in [0.717, 1.165) is 0 Å². The first kappa shape index (κ1) is 14.0. The van der Waals surface area contributed by atoms with Crippen molar-refractivity contribution in [3.05, 3.63) is 28.0 Å². The molecule has 0 N–H and O–H groups in total.